The molecule has 3 aromatic heterocycles. The van der Waals surface area contributed by atoms with E-state index < -0.39 is 0 Å². The van der Waals surface area contributed by atoms with E-state index in [1.54, 1.807) is 0 Å². The summed E-state index contributed by atoms with van der Waals surface area (Å²) in [6.07, 6.45) is 9.46. The zero-order valence-corrected chi connectivity index (χ0v) is 26.7. The number of hydrogen-bond acceptors (Lipinski definition) is 2. The first-order valence-corrected chi connectivity index (χ1v) is 15.5. The average molecular weight is 591 g/mol. The van der Waals surface area contributed by atoms with E-state index in [-0.39, 0.29) is 10.8 Å². The fraction of sp³-hybridized carbons (Fsp3) is 0.200. The largest absolute Gasteiger partial charge is 0.458 e. The van der Waals surface area contributed by atoms with Gasteiger partial charge < -0.3 is 4.74 Å². The SMILES string of the molecule is CC(C)(C)c1cc(-[n+]2[c-]n(-c3cccc(Oc4cccc(-n5c6ccccc6c6cccnc65)c4)c3)cc2)cc(C(C)(C)C)c1. The molecule has 0 spiro atoms. The number of nitrogens with zero attached hydrogens (tertiary/aromatic N) is 4. The van der Waals surface area contributed by atoms with Crippen molar-refractivity contribution in [2.75, 3.05) is 0 Å². The fourth-order valence-corrected chi connectivity index (χ4v) is 5.80. The number of para-hydroxylation sites is 1. The summed E-state index contributed by atoms with van der Waals surface area (Å²) in [6.45, 7) is 13.6. The Morgan fingerprint density at radius 3 is 2.02 bits per heavy atom. The van der Waals surface area contributed by atoms with Crippen molar-refractivity contribution < 1.29 is 9.30 Å². The Labute approximate surface area is 265 Å². The van der Waals surface area contributed by atoms with E-state index in [0.717, 1.165) is 45.1 Å². The molecule has 0 saturated heterocycles. The van der Waals surface area contributed by atoms with Crippen LogP contribution in [0.2, 0.25) is 0 Å². The van der Waals surface area contributed by atoms with Gasteiger partial charge in [0.25, 0.3) is 6.33 Å². The molecular formula is C40H38N4O. The summed E-state index contributed by atoms with van der Waals surface area (Å²) in [5, 5.41) is 2.31. The van der Waals surface area contributed by atoms with Crippen LogP contribution in [0.5, 0.6) is 11.5 Å². The summed E-state index contributed by atoms with van der Waals surface area (Å²) in [7, 11) is 0. The second-order valence-electron chi connectivity index (χ2n) is 13.7. The van der Waals surface area contributed by atoms with Gasteiger partial charge in [-0.05, 0) is 82.6 Å². The van der Waals surface area contributed by atoms with E-state index >= 15 is 0 Å². The molecule has 0 atom stereocenters. The van der Waals surface area contributed by atoms with E-state index in [1.807, 2.05) is 53.4 Å². The maximum Gasteiger partial charge on any atom is 0.268 e. The second kappa shape index (κ2) is 10.8. The van der Waals surface area contributed by atoms with Gasteiger partial charge >= 0.3 is 0 Å². The average Bonchev–Trinajstić information content (AvgIpc) is 3.64. The van der Waals surface area contributed by atoms with Crippen LogP contribution in [0.25, 0.3) is 39.0 Å². The third kappa shape index (κ3) is 5.51. The molecule has 4 aromatic carbocycles. The molecule has 0 radical (unpaired) electrons. The minimum absolute atomic E-state index is 0.0418. The van der Waals surface area contributed by atoms with Crippen molar-refractivity contribution in [2.24, 2.45) is 0 Å². The van der Waals surface area contributed by atoms with Crippen molar-refractivity contribution in [3.63, 3.8) is 0 Å². The molecule has 0 N–H and O–H groups in total. The Hall–Kier alpha value is -5.16. The van der Waals surface area contributed by atoms with Gasteiger partial charge in [0, 0.05) is 35.4 Å². The van der Waals surface area contributed by atoms with Gasteiger partial charge in [0.05, 0.1) is 22.6 Å². The lowest BCUT2D eigenvalue weighted by molar-refractivity contribution is -0.599. The number of fused-ring (bicyclic) bond motifs is 3. The second-order valence-corrected chi connectivity index (χ2v) is 13.7. The number of ether oxygens (including phenoxy) is 1. The molecule has 0 aliphatic carbocycles. The molecule has 7 rings (SSSR count). The summed E-state index contributed by atoms with van der Waals surface area (Å²) in [4.78, 5) is 4.72. The first-order valence-electron chi connectivity index (χ1n) is 15.5. The van der Waals surface area contributed by atoms with Gasteiger partial charge in [0.15, 0.2) is 0 Å². The van der Waals surface area contributed by atoms with Crippen LogP contribution in [0, 0.1) is 6.33 Å². The van der Waals surface area contributed by atoms with Crippen LogP contribution in [-0.2, 0) is 10.8 Å². The van der Waals surface area contributed by atoms with Crippen LogP contribution < -0.4 is 9.30 Å². The summed E-state index contributed by atoms with van der Waals surface area (Å²) >= 11 is 0. The zero-order valence-electron chi connectivity index (χ0n) is 26.7. The predicted molar refractivity (Wildman–Crippen MR) is 182 cm³/mol. The van der Waals surface area contributed by atoms with Gasteiger partial charge in [-0.3, -0.25) is 13.7 Å². The molecule has 0 unspecified atom stereocenters. The molecule has 45 heavy (non-hydrogen) atoms. The van der Waals surface area contributed by atoms with E-state index in [0.29, 0.717) is 0 Å². The summed E-state index contributed by atoms with van der Waals surface area (Å²) in [6, 6.07) is 35.7. The molecule has 7 aromatic rings. The lowest BCUT2D eigenvalue weighted by Crippen LogP contribution is -2.30. The fourth-order valence-electron chi connectivity index (χ4n) is 5.80. The normalized spacial score (nSPS) is 12.2. The minimum atomic E-state index is 0.0418. The molecule has 0 saturated carbocycles. The smallest absolute Gasteiger partial charge is 0.268 e. The molecule has 0 amide bonds. The van der Waals surface area contributed by atoms with E-state index in [2.05, 4.69) is 130 Å². The van der Waals surface area contributed by atoms with Crippen molar-refractivity contribution in [3.8, 4) is 28.6 Å². The van der Waals surface area contributed by atoms with Gasteiger partial charge in [-0.25, -0.2) is 4.98 Å². The third-order valence-corrected chi connectivity index (χ3v) is 8.35. The lowest BCUT2D eigenvalue weighted by Gasteiger charge is -2.26. The van der Waals surface area contributed by atoms with Crippen molar-refractivity contribution in [2.45, 2.75) is 52.4 Å². The van der Waals surface area contributed by atoms with Gasteiger partial charge in [-0.2, -0.15) is 0 Å². The number of benzene rings is 4. The molecule has 5 heteroatoms. The van der Waals surface area contributed by atoms with Crippen LogP contribution >= 0.6 is 0 Å². The molecule has 0 aliphatic heterocycles. The van der Waals surface area contributed by atoms with E-state index in [1.165, 1.54) is 16.5 Å². The molecular weight excluding hydrogens is 552 g/mol. The Kier molecular flexibility index (Phi) is 6.85. The Morgan fingerprint density at radius 1 is 0.667 bits per heavy atom. The number of imidazole rings is 1. The monoisotopic (exact) mass is 590 g/mol. The van der Waals surface area contributed by atoms with Crippen molar-refractivity contribution in [1.82, 2.24) is 14.1 Å². The van der Waals surface area contributed by atoms with Crippen molar-refractivity contribution in [1.29, 1.82) is 0 Å². The number of rotatable bonds is 5. The highest BCUT2D eigenvalue weighted by Crippen LogP contribution is 2.33. The van der Waals surface area contributed by atoms with E-state index in [4.69, 9.17) is 9.72 Å². The summed E-state index contributed by atoms with van der Waals surface area (Å²) < 4.78 is 12.7. The maximum atomic E-state index is 6.43. The predicted octanol–water partition coefficient (Wildman–Crippen LogP) is 9.43. The summed E-state index contributed by atoms with van der Waals surface area (Å²) in [5.74, 6) is 1.51. The van der Waals surface area contributed by atoms with Crippen LogP contribution in [0.1, 0.15) is 52.7 Å². The highest BCUT2D eigenvalue weighted by atomic mass is 16.5. The molecule has 0 fully saturated rings. The highest BCUT2D eigenvalue weighted by molar-refractivity contribution is 6.07. The van der Waals surface area contributed by atoms with Crippen LogP contribution in [0.3, 0.4) is 0 Å². The minimum Gasteiger partial charge on any atom is -0.458 e. The Balaban J connectivity index is 1.20. The topological polar surface area (TPSA) is 35.9 Å². The highest BCUT2D eigenvalue weighted by Gasteiger charge is 2.21. The molecule has 0 bridgehead atoms. The molecule has 0 aliphatic rings. The number of pyridine rings is 1. The first kappa shape index (κ1) is 28.6. The van der Waals surface area contributed by atoms with Gasteiger partial charge in [0.1, 0.15) is 17.1 Å². The first-order chi connectivity index (χ1) is 21.5. The van der Waals surface area contributed by atoms with Gasteiger partial charge in [0.2, 0.25) is 0 Å². The van der Waals surface area contributed by atoms with E-state index in [9.17, 15) is 0 Å². The van der Waals surface area contributed by atoms with Crippen molar-refractivity contribution in [3.05, 3.63) is 139 Å². The Bertz CT molecular complexity index is 2090. The van der Waals surface area contributed by atoms with Crippen LogP contribution in [-0.4, -0.2) is 14.1 Å². The van der Waals surface area contributed by atoms with Crippen molar-refractivity contribution >= 4 is 21.9 Å². The van der Waals surface area contributed by atoms with Crippen LogP contribution in [0.15, 0.2) is 122 Å². The van der Waals surface area contributed by atoms with Gasteiger partial charge in [-0.15, -0.1) is 0 Å². The standard InChI is InChI=1S/C40H38N4O/c1-39(2,3)28-22-29(40(4,5)6)24-32(23-28)43-21-20-42(27-43)30-12-9-14-33(25-30)45-34-15-10-13-31(26-34)44-37-18-8-7-16-35(37)36-17-11-19-41-38(36)44/h7-26H,1-6H3. The molecule has 224 valence electrons. The third-order valence-electron chi connectivity index (χ3n) is 8.35. The number of aromatic nitrogens is 4. The lowest BCUT2D eigenvalue weighted by atomic mass is 9.80. The zero-order chi connectivity index (χ0) is 31.3. The van der Waals surface area contributed by atoms with Crippen LogP contribution in [0.4, 0.5) is 0 Å². The maximum absolute atomic E-state index is 6.43. The number of hydrogen-bond donors (Lipinski definition) is 0. The Morgan fingerprint density at radius 2 is 1.31 bits per heavy atom. The summed E-state index contributed by atoms with van der Waals surface area (Å²) in [5.41, 5.74) is 7.83. The van der Waals surface area contributed by atoms with Gasteiger partial charge in [-0.1, -0.05) is 77.9 Å². The molecule has 5 nitrogen and oxygen atoms in total. The quantitative estimate of drug-likeness (QED) is 0.148. The molecule has 3 heterocycles.